The van der Waals surface area contributed by atoms with Crippen molar-refractivity contribution < 1.29 is 0 Å². The smallest absolute Gasteiger partial charge is 0.273 e. The first-order chi connectivity index (χ1) is 15.4. The summed E-state index contributed by atoms with van der Waals surface area (Å²) in [5, 5.41) is 0.632. The molecule has 0 atom stereocenters. The van der Waals surface area contributed by atoms with Crippen molar-refractivity contribution in [3.63, 3.8) is 0 Å². The molecule has 3 aromatic heterocycles. The number of halogens is 1. The fourth-order valence-electron chi connectivity index (χ4n) is 4.24. The van der Waals surface area contributed by atoms with Crippen LogP contribution >= 0.6 is 11.6 Å². The molecule has 4 aromatic rings. The minimum Gasteiger partial charge on any atom is -0.273 e. The van der Waals surface area contributed by atoms with Crippen molar-refractivity contribution in [1.82, 2.24) is 19.5 Å². The normalized spacial score (nSPS) is 13.8. The standard InChI is InChI=1S/C25H23ClN4O2/c1-13(2)20-22(17(10-11-27-20)15-8-9-15)30-23-18(24(31)29-25(30)32)12-19(26)21(28-23)16-7-5-4-6-14(16)3/h4-7,10-13,15H,8-9H2,1-3H3,(H,29,31,32). The third kappa shape index (κ3) is 3.35. The van der Waals surface area contributed by atoms with E-state index in [0.29, 0.717) is 22.3 Å². The summed E-state index contributed by atoms with van der Waals surface area (Å²) in [5.74, 6) is 0.461. The Morgan fingerprint density at radius 1 is 1.16 bits per heavy atom. The van der Waals surface area contributed by atoms with Crippen LogP contribution < -0.4 is 11.2 Å². The maximum atomic E-state index is 13.2. The Balaban J connectivity index is 1.92. The Morgan fingerprint density at radius 2 is 1.91 bits per heavy atom. The minimum absolute atomic E-state index is 0.0840. The second-order valence-electron chi connectivity index (χ2n) is 8.66. The monoisotopic (exact) mass is 446 g/mol. The lowest BCUT2D eigenvalue weighted by molar-refractivity contribution is 0.783. The lowest BCUT2D eigenvalue weighted by Gasteiger charge is -2.19. The second-order valence-corrected chi connectivity index (χ2v) is 9.07. The van der Waals surface area contributed by atoms with Gasteiger partial charge in [0.25, 0.3) is 5.56 Å². The molecule has 1 saturated carbocycles. The third-order valence-corrected chi connectivity index (χ3v) is 6.30. The van der Waals surface area contributed by atoms with Gasteiger partial charge in [0.1, 0.15) is 0 Å². The molecular formula is C25H23ClN4O2. The lowest BCUT2D eigenvalue weighted by atomic mass is 10.0. The number of nitrogens with zero attached hydrogens (tertiary/aromatic N) is 3. The Morgan fingerprint density at radius 3 is 2.59 bits per heavy atom. The summed E-state index contributed by atoms with van der Waals surface area (Å²) < 4.78 is 1.52. The zero-order valence-electron chi connectivity index (χ0n) is 18.1. The molecule has 0 aliphatic heterocycles. The summed E-state index contributed by atoms with van der Waals surface area (Å²) in [7, 11) is 0. The topological polar surface area (TPSA) is 80.6 Å². The fraction of sp³-hybridized carbons (Fsp3) is 0.280. The number of hydrogen-bond donors (Lipinski definition) is 1. The Kier molecular flexibility index (Phi) is 4.97. The number of hydrogen-bond acceptors (Lipinski definition) is 4. The van der Waals surface area contributed by atoms with E-state index >= 15 is 0 Å². The molecule has 3 heterocycles. The Hall–Kier alpha value is -3.25. The van der Waals surface area contributed by atoms with Gasteiger partial charge in [-0.3, -0.25) is 14.8 Å². The largest absolute Gasteiger partial charge is 0.334 e. The zero-order valence-corrected chi connectivity index (χ0v) is 18.9. The number of benzene rings is 1. The first kappa shape index (κ1) is 20.6. The van der Waals surface area contributed by atoms with Gasteiger partial charge in [-0.25, -0.2) is 14.3 Å². The van der Waals surface area contributed by atoms with Crippen LogP contribution in [0.5, 0.6) is 0 Å². The minimum atomic E-state index is -0.523. The van der Waals surface area contributed by atoms with Crippen molar-refractivity contribution in [2.24, 2.45) is 0 Å². The van der Waals surface area contributed by atoms with Gasteiger partial charge >= 0.3 is 5.69 Å². The van der Waals surface area contributed by atoms with Crippen LogP contribution in [0.3, 0.4) is 0 Å². The van der Waals surface area contributed by atoms with Gasteiger partial charge in [0.2, 0.25) is 0 Å². The molecule has 0 spiro atoms. The molecule has 0 amide bonds. The van der Waals surface area contributed by atoms with Crippen molar-refractivity contribution in [2.45, 2.75) is 45.4 Å². The molecule has 1 aliphatic carbocycles. The van der Waals surface area contributed by atoms with Crippen LogP contribution in [0.25, 0.3) is 28.0 Å². The number of nitrogens with one attached hydrogen (secondary N) is 1. The predicted octanol–water partition coefficient (Wildman–Crippen LogP) is 5.10. The number of rotatable bonds is 4. The summed E-state index contributed by atoms with van der Waals surface area (Å²) in [6, 6.07) is 11.3. The van der Waals surface area contributed by atoms with Gasteiger partial charge in [0, 0.05) is 11.8 Å². The highest BCUT2D eigenvalue weighted by molar-refractivity contribution is 6.33. The maximum Gasteiger partial charge on any atom is 0.334 e. The molecule has 1 aliphatic rings. The van der Waals surface area contributed by atoms with E-state index < -0.39 is 11.2 Å². The maximum absolute atomic E-state index is 13.2. The van der Waals surface area contributed by atoms with Crippen molar-refractivity contribution in [1.29, 1.82) is 0 Å². The quantitative estimate of drug-likeness (QED) is 0.473. The molecule has 1 fully saturated rings. The first-order valence-corrected chi connectivity index (χ1v) is 11.2. The summed E-state index contributed by atoms with van der Waals surface area (Å²) in [6.45, 7) is 6.07. The zero-order chi connectivity index (χ0) is 22.6. The number of aryl methyl sites for hydroxylation is 1. The average molecular weight is 447 g/mol. The highest BCUT2D eigenvalue weighted by Gasteiger charge is 2.30. The average Bonchev–Trinajstić information content (AvgIpc) is 3.60. The molecule has 1 aromatic carbocycles. The molecule has 162 valence electrons. The first-order valence-electron chi connectivity index (χ1n) is 10.8. The number of pyridine rings is 2. The Bertz CT molecular complexity index is 1460. The number of aromatic amines is 1. The van der Waals surface area contributed by atoms with E-state index in [9.17, 15) is 9.59 Å². The SMILES string of the molecule is Cc1ccccc1-c1nc2c(cc1Cl)c(=O)[nH]c(=O)n2-c1c(C2CC2)ccnc1C(C)C. The fourth-order valence-corrected chi connectivity index (χ4v) is 4.50. The van der Waals surface area contributed by atoms with Gasteiger partial charge in [-0.05, 0) is 54.9 Å². The van der Waals surface area contributed by atoms with Gasteiger partial charge in [0.05, 0.1) is 27.5 Å². The Labute approximate surface area is 189 Å². The van der Waals surface area contributed by atoms with E-state index in [-0.39, 0.29) is 11.3 Å². The van der Waals surface area contributed by atoms with E-state index in [2.05, 4.69) is 9.97 Å². The van der Waals surface area contributed by atoms with E-state index in [4.69, 9.17) is 16.6 Å². The lowest BCUT2D eigenvalue weighted by Crippen LogP contribution is -2.31. The molecule has 32 heavy (non-hydrogen) atoms. The third-order valence-electron chi connectivity index (χ3n) is 6.01. The van der Waals surface area contributed by atoms with Crippen LogP contribution in [-0.2, 0) is 0 Å². The van der Waals surface area contributed by atoms with E-state index in [1.807, 2.05) is 51.1 Å². The predicted molar refractivity (Wildman–Crippen MR) is 127 cm³/mol. The van der Waals surface area contributed by atoms with E-state index in [0.717, 1.165) is 40.9 Å². The summed E-state index contributed by atoms with van der Waals surface area (Å²) >= 11 is 6.58. The van der Waals surface area contributed by atoms with Gasteiger partial charge in [-0.15, -0.1) is 0 Å². The van der Waals surface area contributed by atoms with Gasteiger partial charge in [-0.2, -0.15) is 0 Å². The molecule has 5 rings (SSSR count). The number of fused-ring (bicyclic) bond motifs is 1. The van der Waals surface area contributed by atoms with Crippen molar-refractivity contribution in [2.75, 3.05) is 0 Å². The van der Waals surface area contributed by atoms with E-state index in [1.54, 1.807) is 12.3 Å². The summed E-state index contributed by atoms with van der Waals surface area (Å²) in [4.78, 5) is 37.8. The van der Waals surface area contributed by atoms with Crippen molar-refractivity contribution in [3.8, 4) is 16.9 Å². The second kappa shape index (κ2) is 7.71. The molecular weight excluding hydrogens is 424 g/mol. The van der Waals surface area contributed by atoms with Crippen LogP contribution in [0.1, 0.15) is 55.3 Å². The van der Waals surface area contributed by atoms with Crippen LogP contribution in [-0.4, -0.2) is 19.5 Å². The van der Waals surface area contributed by atoms with Gasteiger partial charge < -0.3 is 0 Å². The summed E-state index contributed by atoms with van der Waals surface area (Å²) in [5.41, 5.74) is 4.26. The number of aromatic nitrogens is 4. The molecule has 6 nitrogen and oxygen atoms in total. The molecule has 0 bridgehead atoms. The molecule has 7 heteroatoms. The molecule has 0 radical (unpaired) electrons. The van der Waals surface area contributed by atoms with Crippen molar-refractivity contribution >= 4 is 22.6 Å². The van der Waals surface area contributed by atoms with Crippen molar-refractivity contribution in [3.05, 3.63) is 85.3 Å². The van der Waals surface area contributed by atoms with Crippen LogP contribution in [0.2, 0.25) is 5.02 Å². The van der Waals surface area contributed by atoms with E-state index in [1.165, 1.54) is 4.57 Å². The van der Waals surface area contributed by atoms with Gasteiger partial charge in [-0.1, -0.05) is 49.7 Å². The van der Waals surface area contributed by atoms with Gasteiger partial charge in [0.15, 0.2) is 5.65 Å². The molecule has 0 unspecified atom stereocenters. The van der Waals surface area contributed by atoms with Crippen LogP contribution in [0.4, 0.5) is 0 Å². The molecule has 0 saturated heterocycles. The highest BCUT2D eigenvalue weighted by atomic mass is 35.5. The molecule has 1 N–H and O–H groups in total. The highest BCUT2D eigenvalue weighted by Crippen LogP contribution is 2.44. The van der Waals surface area contributed by atoms with Crippen LogP contribution in [0.15, 0.2) is 52.2 Å². The van der Waals surface area contributed by atoms with Crippen LogP contribution in [0, 0.1) is 6.92 Å². The number of H-pyrrole nitrogens is 1. The summed E-state index contributed by atoms with van der Waals surface area (Å²) in [6.07, 6.45) is 3.94.